The molecule has 154 valence electrons. The van der Waals surface area contributed by atoms with Crippen LogP contribution in [0.25, 0.3) is 11.0 Å². The van der Waals surface area contributed by atoms with Gasteiger partial charge in [0.05, 0.1) is 11.0 Å². The fourth-order valence-corrected chi connectivity index (χ4v) is 4.63. The van der Waals surface area contributed by atoms with Crippen molar-refractivity contribution in [1.82, 2.24) is 24.8 Å². The van der Waals surface area contributed by atoms with Gasteiger partial charge < -0.3 is 14.8 Å². The van der Waals surface area contributed by atoms with E-state index in [-0.39, 0.29) is 11.8 Å². The molecule has 1 saturated carbocycles. The van der Waals surface area contributed by atoms with Gasteiger partial charge in [0.1, 0.15) is 0 Å². The Bertz CT molecular complexity index is 1090. The lowest BCUT2D eigenvalue weighted by Crippen LogP contribution is -2.47. The lowest BCUT2D eigenvalue weighted by atomic mass is 9.94. The van der Waals surface area contributed by atoms with Gasteiger partial charge in [0.25, 0.3) is 11.8 Å². The molecule has 1 aliphatic carbocycles. The Morgan fingerprint density at radius 3 is 2.80 bits per heavy atom. The second-order valence-electron chi connectivity index (χ2n) is 8.12. The first-order chi connectivity index (χ1) is 14.7. The van der Waals surface area contributed by atoms with Gasteiger partial charge in [0, 0.05) is 43.6 Å². The van der Waals surface area contributed by atoms with E-state index in [9.17, 15) is 9.59 Å². The van der Waals surface area contributed by atoms with Crippen LogP contribution in [-0.2, 0) is 13.1 Å². The molecule has 0 atom stereocenters. The molecule has 7 nitrogen and oxygen atoms in total. The topological polar surface area (TPSA) is 80.1 Å². The van der Waals surface area contributed by atoms with Crippen LogP contribution < -0.4 is 5.32 Å². The fourth-order valence-electron chi connectivity index (χ4n) is 4.63. The zero-order valence-electron chi connectivity index (χ0n) is 16.9. The second-order valence-corrected chi connectivity index (χ2v) is 8.12. The average molecular weight is 403 g/mol. The average Bonchev–Trinajstić information content (AvgIpc) is 3.18. The summed E-state index contributed by atoms with van der Waals surface area (Å²) in [6.45, 7) is 1.90. The molecule has 1 fully saturated rings. The summed E-state index contributed by atoms with van der Waals surface area (Å²) >= 11 is 0. The van der Waals surface area contributed by atoms with Crippen molar-refractivity contribution in [3.8, 4) is 0 Å². The molecule has 0 spiro atoms. The normalized spacial score (nSPS) is 17.2. The summed E-state index contributed by atoms with van der Waals surface area (Å²) in [5.74, 6) is 0.351. The van der Waals surface area contributed by atoms with Crippen molar-refractivity contribution in [3.63, 3.8) is 0 Å². The molecule has 7 heteroatoms. The number of aromatic nitrogens is 3. The highest BCUT2D eigenvalue weighted by atomic mass is 16.2. The van der Waals surface area contributed by atoms with Crippen LogP contribution in [0.2, 0.25) is 0 Å². The second kappa shape index (κ2) is 7.89. The fraction of sp³-hybridized carbons (Fsp3) is 0.391. The number of rotatable bonds is 4. The number of hydrogen-bond acceptors (Lipinski definition) is 4. The van der Waals surface area contributed by atoms with E-state index in [1.807, 2.05) is 27.7 Å². The summed E-state index contributed by atoms with van der Waals surface area (Å²) in [5.41, 5.74) is 3.08. The van der Waals surface area contributed by atoms with Crippen molar-refractivity contribution in [1.29, 1.82) is 0 Å². The molecule has 1 N–H and O–H groups in total. The monoisotopic (exact) mass is 403 g/mol. The lowest BCUT2D eigenvalue weighted by molar-refractivity contribution is 0.0566. The number of carbonyl (C=O) groups is 2. The number of benzene rings is 1. The molecule has 3 heterocycles. The zero-order valence-corrected chi connectivity index (χ0v) is 16.9. The van der Waals surface area contributed by atoms with Crippen LogP contribution in [0.3, 0.4) is 0 Å². The molecule has 0 radical (unpaired) electrons. The van der Waals surface area contributed by atoms with Gasteiger partial charge in [-0.2, -0.15) is 0 Å². The van der Waals surface area contributed by atoms with E-state index >= 15 is 0 Å². The van der Waals surface area contributed by atoms with Crippen LogP contribution in [-0.4, -0.2) is 43.8 Å². The van der Waals surface area contributed by atoms with Crippen LogP contribution in [0, 0.1) is 0 Å². The molecule has 2 aromatic heterocycles. The maximum atomic E-state index is 13.1. The van der Waals surface area contributed by atoms with E-state index in [1.165, 1.54) is 19.3 Å². The molecule has 1 aliphatic heterocycles. The Morgan fingerprint density at radius 1 is 1.13 bits per heavy atom. The summed E-state index contributed by atoms with van der Waals surface area (Å²) in [7, 11) is 0. The quantitative estimate of drug-likeness (QED) is 0.726. The summed E-state index contributed by atoms with van der Waals surface area (Å²) in [5, 5.41) is 2.91. The largest absolute Gasteiger partial charge is 0.348 e. The van der Waals surface area contributed by atoms with Crippen LogP contribution in [0.5, 0.6) is 0 Å². The molecule has 0 bridgehead atoms. The highest BCUT2D eigenvalue weighted by Crippen LogP contribution is 2.28. The highest BCUT2D eigenvalue weighted by molar-refractivity contribution is 6.00. The Hall–Kier alpha value is -3.22. The van der Waals surface area contributed by atoms with Crippen LogP contribution in [0.4, 0.5) is 0 Å². The van der Waals surface area contributed by atoms with E-state index in [4.69, 9.17) is 0 Å². The highest BCUT2D eigenvalue weighted by Gasteiger charge is 2.33. The van der Waals surface area contributed by atoms with Gasteiger partial charge in [-0.1, -0.05) is 25.3 Å². The van der Waals surface area contributed by atoms with Crippen molar-refractivity contribution < 1.29 is 9.59 Å². The number of imidazole rings is 1. The minimum Gasteiger partial charge on any atom is -0.348 e. The van der Waals surface area contributed by atoms with Gasteiger partial charge in [-0.05, 0) is 42.7 Å². The number of nitrogens with one attached hydrogen (secondary N) is 1. The molecule has 1 aromatic carbocycles. The molecule has 2 amide bonds. The predicted molar refractivity (Wildman–Crippen MR) is 113 cm³/mol. The molecule has 0 saturated heterocycles. The van der Waals surface area contributed by atoms with Gasteiger partial charge in [0.2, 0.25) is 0 Å². The third-order valence-corrected chi connectivity index (χ3v) is 6.22. The number of nitrogens with zero attached hydrogens (tertiary/aromatic N) is 4. The van der Waals surface area contributed by atoms with E-state index in [0.717, 1.165) is 37.0 Å². The first kappa shape index (κ1) is 18.8. The van der Waals surface area contributed by atoms with Gasteiger partial charge >= 0.3 is 0 Å². The van der Waals surface area contributed by atoms with Crippen molar-refractivity contribution in [2.75, 3.05) is 6.54 Å². The first-order valence-electron chi connectivity index (χ1n) is 10.7. The third-order valence-electron chi connectivity index (χ3n) is 6.22. The van der Waals surface area contributed by atoms with Gasteiger partial charge in [-0.3, -0.25) is 14.6 Å². The Morgan fingerprint density at radius 2 is 2.00 bits per heavy atom. The van der Waals surface area contributed by atoms with E-state index in [0.29, 0.717) is 29.5 Å². The Kier molecular flexibility index (Phi) is 4.94. The van der Waals surface area contributed by atoms with E-state index in [2.05, 4.69) is 15.3 Å². The van der Waals surface area contributed by atoms with Gasteiger partial charge in [-0.25, -0.2) is 4.98 Å². The number of amides is 2. The third kappa shape index (κ3) is 3.44. The molecule has 5 rings (SSSR count). The lowest BCUT2D eigenvalue weighted by Gasteiger charge is -2.36. The van der Waals surface area contributed by atoms with Gasteiger partial charge in [0.15, 0.2) is 5.82 Å². The van der Waals surface area contributed by atoms with Crippen molar-refractivity contribution in [2.45, 2.75) is 51.2 Å². The van der Waals surface area contributed by atoms with Crippen LogP contribution >= 0.6 is 0 Å². The Labute approximate surface area is 175 Å². The number of hydrogen-bond donors (Lipinski definition) is 1. The molecule has 30 heavy (non-hydrogen) atoms. The minimum absolute atomic E-state index is 0.0203. The summed E-state index contributed by atoms with van der Waals surface area (Å²) in [6, 6.07) is 9.58. The predicted octanol–water partition coefficient (Wildman–Crippen LogP) is 3.15. The SMILES string of the molecule is O=C(NCc1cccnc1)c1ccc2c(c1)nc1n2CCN(C2CCCCC2)C1=O. The number of carbonyl (C=O) groups excluding carboxylic acids is 2. The summed E-state index contributed by atoms with van der Waals surface area (Å²) in [6.07, 6.45) is 9.28. The van der Waals surface area contributed by atoms with Crippen LogP contribution in [0.15, 0.2) is 42.7 Å². The first-order valence-corrected chi connectivity index (χ1v) is 10.7. The minimum atomic E-state index is -0.165. The Balaban J connectivity index is 1.36. The van der Waals surface area contributed by atoms with Crippen molar-refractivity contribution >= 4 is 22.8 Å². The molecular formula is C23H25N5O2. The van der Waals surface area contributed by atoms with E-state index < -0.39 is 0 Å². The zero-order chi connectivity index (χ0) is 20.5. The van der Waals surface area contributed by atoms with Gasteiger partial charge in [-0.15, -0.1) is 0 Å². The molecule has 3 aromatic rings. The molecule has 0 unspecified atom stereocenters. The maximum Gasteiger partial charge on any atom is 0.290 e. The number of fused-ring (bicyclic) bond motifs is 3. The maximum absolute atomic E-state index is 13.1. The van der Waals surface area contributed by atoms with E-state index in [1.54, 1.807) is 24.5 Å². The standard InChI is InChI=1S/C23H25N5O2/c29-22(25-15-16-5-4-10-24-14-16)17-8-9-20-19(13-17)26-21-23(30)27(11-12-28(20)21)18-6-2-1-3-7-18/h4-5,8-10,13-14,18H,1-3,6-7,11-12,15H2,(H,25,29). The smallest absolute Gasteiger partial charge is 0.290 e. The van der Waals surface area contributed by atoms with Crippen molar-refractivity contribution in [3.05, 3.63) is 59.7 Å². The summed E-state index contributed by atoms with van der Waals surface area (Å²) < 4.78 is 1.99. The molecular weight excluding hydrogens is 378 g/mol. The van der Waals surface area contributed by atoms with Crippen molar-refractivity contribution in [2.24, 2.45) is 0 Å². The molecule has 2 aliphatic rings. The summed E-state index contributed by atoms with van der Waals surface area (Å²) in [4.78, 5) is 36.4. The van der Waals surface area contributed by atoms with Crippen LogP contribution in [0.1, 0.15) is 58.6 Å². The number of pyridine rings is 1.